The first-order valence-corrected chi connectivity index (χ1v) is 16.2. The maximum atomic E-state index is 13.7. The predicted molar refractivity (Wildman–Crippen MR) is 188 cm³/mol. The summed E-state index contributed by atoms with van der Waals surface area (Å²) >= 11 is 0. The third-order valence-corrected chi connectivity index (χ3v) is 7.98. The average molecular weight is 680 g/mol. The number of benzene rings is 2. The molecule has 0 fully saturated rings. The monoisotopic (exact) mass is 679 g/mol. The fourth-order valence-corrected chi connectivity index (χ4v) is 5.66. The molecule has 256 valence electrons. The van der Waals surface area contributed by atoms with Crippen LogP contribution in [0.2, 0.25) is 0 Å². The fraction of sp³-hybridized carbons (Fsp3) is 0.487. The minimum Gasteiger partial charge on any atom is -0.857 e. The first-order valence-electron chi connectivity index (χ1n) is 16.2. The van der Waals surface area contributed by atoms with E-state index in [9.17, 15) is 9.59 Å². The van der Waals surface area contributed by atoms with Gasteiger partial charge in [-0.1, -0.05) is 96.9 Å². The van der Waals surface area contributed by atoms with Crippen molar-refractivity contribution in [1.82, 2.24) is 16.0 Å². The van der Waals surface area contributed by atoms with Crippen LogP contribution in [0.25, 0.3) is 0 Å². The summed E-state index contributed by atoms with van der Waals surface area (Å²) in [5.41, 5.74) is 11.4. The number of hydrogen-bond acceptors (Lipinski definition) is 5. The minimum absolute atomic E-state index is 0. The number of allylic oxidation sites excluding steroid dienone is 4. The molecule has 0 radical (unpaired) electrons. The maximum Gasteiger partial charge on any atom is 2.00 e. The summed E-state index contributed by atoms with van der Waals surface area (Å²) in [5, 5.41) is 26.3. The normalized spacial score (nSPS) is 14.4. The molecular weight excluding hydrogens is 622 g/mol. The van der Waals surface area contributed by atoms with E-state index in [0.717, 1.165) is 70.4 Å². The Balaban J connectivity index is 0.00000407. The van der Waals surface area contributed by atoms with Gasteiger partial charge in [0.25, 0.3) is 11.8 Å². The summed E-state index contributed by atoms with van der Waals surface area (Å²) in [5.74, 6) is 0.741. The number of amides is 2. The van der Waals surface area contributed by atoms with Crippen molar-refractivity contribution in [2.24, 2.45) is 0 Å². The van der Waals surface area contributed by atoms with Crippen LogP contribution in [-0.4, -0.2) is 26.0 Å². The van der Waals surface area contributed by atoms with Crippen LogP contribution in [0.3, 0.4) is 0 Å². The summed E-state index contributed by atoms with van der Waals surface area (Å²) in [6.07, 6.45) is 4.71. The van der Waals surface area contributed by atoms with Gasteiger partial charge < -0.3 is 26.2 Å². The summed E-state index contributed by atoms with van der Waals surface area (Å²) in [4.78, 5) is 27.4. The molecule has 2 amide bonds. The van der Waals surface area contributed by atoms with Gasteiger partial charge in [-0.15, -0.1) is 0 Å². The third kappa shape index (κ3) is 11.6. The van der Waals surface area contributed by atoms with Gasteiger partial charge in [0.2, 0.25) is 0 Å². The average Bonchev–Trinajstić information content (AvgIpc) is 3.01. The molecule has 0 aliphatic carbocycles. The van der Waals surface area contributed by atoms with Crippen molar-refractivity contribution in [2.75, 3.05) is 14.2 Å². The second-order valence-corrected chi connectivity index (χ2v) is 13.0. The van der Waals surface area contributed by atoms with Crippen LogP contribution < -0.4 is 26.2 Å². The van der Waals surface area contributed by atoms with Crippen molar-refractivity contribution in [3.63, 3.8) is 0 Å². The molecule has 0 saturated carbocycles. The van der Waals surface area contributed by atoms with Crippen molar-refractivity contribution in [2.45, 2.75) is 113 Å². The van der Waals surface area contributed by atoms with Crippen molar-refractivity contribution in [3.05, 3.63) is 104 Å². The molecule has 1 heterocycles. The van der Waals surface area contributed by atoms with Gasteiger partial charge >= 0.3 is 21.7 Å². The molecule has 8 heteroatoms. The molecule has 7 nitrogen and oxygen atoms in total. The molecule has 3 N–H and O–H groups in total. The number of carbonyl (C=O) groups is 2. The molecule has 2 aromatic carbocycles. The summed E-state index contributed by atoms with van der Waals surface area (Å²) < 4.78 is 0. The Kier molecular flexibility index (Phi) is 19.1. The van der Waals surface area contributed by atoms with Gasteiger partial charge in [0.1, 0.15) is 0 Å². The zero-order chi connectivity index (χ0) is 35.5. The molecule has 2 aromatic rings. The predicted octanol–water partition coefficient (Wildman–Crippen LogP) is 6.92. The van der Waals surface area contributed by atoms with E-state index in [1.165, 1.54) is 11.1 Å². The topological polar surface area (TPSA) is 116 Å². The molecule has 0 spiro atoms. The first kappa shape index (κ1) is 44.0. The molecule has 1 aliphatic heterocycles. The Morgan fingerprint density at radius 2 is 0.957 bits per heavy atom. The SMILES string of the molecule is CC(NC(=O)c1c(C(C)C)cc(C)cc1C(C)C)=C1C=CCC(=C(C)NC(=O)c2c(C(C)C)cc(C)cc2C(C)C)N1.C[O-].C[O-].[Ti+2]. The van der Waals surface area contributed by atoms with E-state index in [0.29, 0.717) is 6.42 Å². The second kappa shape index (κ2) is 20.4. The molecule has 0 aromatic heterocycles. The van der Waals surface area contributed by atoms with Crippen LogP contribution in [0.5, 0.6) is 0 Å². The Morgan fingerprint density at radius 1 is 0.638 bits per heavy atom. The molecule has 1 aliphatic rings. The maximum absolute atomic E-state index is 13.7. The molecular formula is C39H57N3O4Ti. The van der Waals surface area contributed by atoms with Crippen molar-refractivity contribution in [3.8, 4) is 0 Å². The molecule has 47 heavy (non-hydrogen) atoms. The van der Waals surface area contributed by atoms with Crippen molar-refractivity contribution < 1.29 is 41.5 Å². The van der Waals surface area contributed by atoms with E-state index >= 15 is 0 Å². The van der Waals surface area contributed by atoms with Gasteiger partial charge in [0, 0.05) is 34.6 Å². The zero-order valence-corrected chi connectivity index (χ0v) is 32.7. The van der Waals surface area contributed by atoms with Crippen LogP contribution in [0.4, 0.5) is 0 Å². The van der Waals surface area contributed by atoms with Gasteiger partial charge in [0.05, 0.1) is 5.70 Å². The van der Waals surface area contributed by atoms with Crippen molar-refractivity contribution in [1.29, 1.82) is 0 Å². The number of hydrogen-bond donors (Lipinski definition) is 3. The Morgan fingerprint density at radius 3 is 1.28 bits per heavy atom. The number of aryl methyl sites for hydroxylation is 2. The molecule has 0 saturated heterocycles. The standard InChI is InChI=1S/C37H51N3O2.2CH3O.Ti/c1-20(2)28-16-24(9)17-29(21(3)4)34(28)36(41)38-26(11)32-14-13-15-33(40-32)27(12)39-37(42)35-30(22(5)6)18-25(10)19-31(35)23(7)8;2*1-2;/h13-14,16-23,40H,15H2,1-12H3,(H,38,41)(H,39,42);2*1H3;/q;2*-1;+2. The Hall–Kier alpha value is -2.97. The van der Waals surface area contributed by atoms with Gasteiger partial charge in [-0.3, -0.25) is 9.59 Å². The Labute approximate surface area is 299 Å². The van der Waals surface area contributed by atoms with Gasteiger partial charge in [-0.05, 0) is 79.7 Å². The third-order valence-electron chi connectivity index (χ3n) is 7.98. The number of carbonyl (C=O) groups excluding carboxylic acids is 2. The van der Waals surface area contributed by atoms with E-state index in [1.807, 2.05) is 19.9 Å². The quantitative estimate of drug-likeness (QED) is 0.262. The fourth-order valence-electron chi connectivity index (χ4n) is 5.66. The smallest absolute Gasteiger partial charge is 0.857 e. The molecule has 3 rings (SSSR count). The summed E-state index contributed by atoms with van der Waals surface area (Å²) in [6.45, 7) is 25.1. The largest absolute Gasteiger partial charge is 2.00 e. The van der Waals surface area contributed by atoms with Gasteiger partial charge in [-0.2, -0.15) is 14.2 Å². The van der Waals surface area contributed by atoms with E-state index < -0.39 is 0 Å². The molecule has 0 bridgehead atoms. The van der Waals surface area contributed by atoms with E-state index in [-0.39, 0.29) is 57.2 Å². The Bertz CT molecular complexity index is 1410. The second-order valence-electron chi connectivity index (χ2n) is 13.0. The van der Waals surface area contributed by atoms with Crippen LogP contribution in [-0.2, 0) is 21.7 Å². The van der Waals surface area contributed by atoms with Crippen LogP contribution >= 0.6 is 0 Å². The van der Waals surface area contributed by atoms with Crippen LogP contribution in [0.15, 0.2) is 59.2 Å². The number of rotatable bonds is 8. The van der Waals surface area contributed by atoms with Gasteiger partial charge in [-0.25, -0.2) is 0 Å². The molecule has 0 atom stereocenters. The van der Waals surface area contributed by atoms with E-state index in [2.05, 4.69) is 116 Å². The first-order chi connectivity index (χ1) is 21.6. The van der Waals surface area contributed by atoms with E-state index in [1.54, 1.807) is 0 Å². The van der Waals surface area contributed by atoms with E-state index in [4.69, 9.17) is 10.2 Å². The van der Waals surface area contributed by atoms with Crippen molar-refractivity contribution >= 4 is 11.8 Å². The van der Waals surface area contributed by atoms with Crippen LogP contribution in [0.1, 0.15) is 153 Å². The molecule has 0 unspecified atom stereocenters. The minimum atomic E-state index is -0.0921. The zero-order valence-electron chi connectivity index (χ0n) is 31.1. The summed E-state index contributed by atoms with van der Waals surface area (Å²) in [7, 11) is 1.50. The van der Waals surface area contributed by atoms with Crippen LogP contribution in [0, 0.1) is 13.8 Å². The van der Waals surface area contributed by atoms with Gasteiger partial charge in [0.15, 0.2) is 0 Å². The summed E-state index contributed by atoms with van der Waals surface area (Å²) in [6, 6.07) is 8.52. The number of nitrogens with one attached hydrogen (secondary N) is 3.